The van der Waals surface area contributed by atoms with E-state index in [0.29, 0.717) is 6.42 Å². The largest absolute Gasteiger partial charge is 0.483 e. The summed E-state index contributed by atoms with van der Waals surface area (Å²) in [6, 6.07) is 6.41. The van der Waals surface area contributed by atoms with E-state index in [0.717, 1.165) is 43.2 Å². The van der Waals surface area contributed by atoms with Crippen molar-refractivity contribution in [1.29, 1.82) is 0 Å². The Morgan fingerprint density at radius 1 is 1.10 bits per heavy atom. The zero-order chi connectivity index (χ0) is 23.0. The molecule has 1 saturated carbocycles. The van der Waals surface area contributed by atoms with Gasteiger partial charge < -0.3 is 9.84 Å². The van der Waals surface area contributed by atoms with Gasteiger partial charge >= 0.3 is 18.3 Å². The molecule has 0 bridgehead atoms. The molecule has 10 heteroatoms. The number of carboxylic acid groups (broad SMARTS) is 1. The van der Waals surface area contributed by atoms with E-state index in [1.165, 1.54) is 6.07 Å². The van der Waals surface area contributed by atoms with Crippen LogP contribution in [0.15, 0.2) is 36.4 Å². The van der Waals surface area contributed by atoms with Gasteiger partial charge in [0.25, 0.3) is 0 Å². The molecule has 0 aliphatic heterocycles. The van der Waals surface area contributed by atoms with Gasteiger partial charge in [0, 0.05) is 5.56 Å². The smallest absolute Gasteiger partial charge is 0.422 e. The van der Waals surface area contributed by atoms with E-state index in [4.69, 9.17) is 16.3 Å². The van der Waals surface area contributed by atoms with Gasteiger partial charge in [-0.25, -0.2) is 0 Å². The highest BCUT2D eigenvalue weighted by molar-refractivity contribution is 6.34. The fourth-order valence-electron chi connectivity index (χ4n) is 3.20. The van der Waals surface area contributed by atoms with E-state index in [1.807, 2.05) is 0 Å². The van der Waals surface area contributed by atoms with Crippen LogP contribution in [0, 0.1) is 5.92 Å². The summed E-state index contributed by atoms with van der Waals surface area (Å²) in [5.41, 5.74) is -0.454. The van der Waals surface area contributed by atoms with Crippen LogP contribution in [0.25, 0.3) is 11.1 Å². The fourth-order valence-corrected chi connectivity index (χ4v) is 3.47. The normalized spacial score (nSPS) is 15.6. The van der Waals surface area contributed by atoms with Gasteiger partial charge in [-0.1, -0.05) is 36.6 Å². The summed E-state index contributed by atoms with van der Waals surface area (Å²) in [5.74, 6) is -2.35. The van der Waals surface area contributed by atoms with Crippen molar-refractivity contribution in [2.75, 3.05) is 6.61 Å². The fraction of sp³-hybridized carbons (Fsp3) is 0.381. The molecule has 3 rings (SSSR count). The maximum absolute atomic E-state index is 12.8. The Hall–Kier alpha value is -2.42. The van der Waals surface area contributed by atoms with Gasteiger partial charge in [-0.15, -0.1) is 0 Å². The molecule has 0 aromatic heterocycles. The van der Waals surface area contributed by atoms with E-state index in [1.54, 1.807) is 0 Å². The molecule has 1 fully saturated rings. The van der Waals surface area contributed by atoms with Crippen LogP contribution >= 0.6 is 11.6 Å². The Morgan fingerprint density at radius 2 is 1.71 bits per heavy atom. The minimum absolute atomic E-state index is 0.0899. The highest BCUT2D eigenvalue weighted by atomic mass is 35.5. The molecule has 0 saturated heterocycles. The molecule has 3 nitrogen and oxygen atoms in total. The minimum atomic E-state index is -4.66. The van der Waals surface area contributed by atoms with Crippen LogP contribution in [0.1, 0.15) is 36.3 Å². The maximum Gasteiger partial charge on any atom is 0.422 e. The van der Waals surface area contributed by atoms with Gasteiger partial charge in [-0.2, -0.15) is 26.3 Å². The van der Waals surface area contributed by atoms with Gasteiger partial charge in [0.15, 0.2) is 6.61 Å². The minimum Gasteiger partial charge on any atom is -0.483 e. The zero-order valence-corrected chi connectivity index (χ0v) is 16.6. The van der Waals surface area contributed by atoms with Crippen molar-refractivity contribution in [3.05, 3.63) is 52.5 Å². The number of halogens is 7. The van der Waals surface area contributed by atoms with Crippen LogP contribution in [-0.2, 0) is 11.0 Å². The number of ether oxygens (including phenoxy) is 1. The first-order valence-electron chi connectivity index (χ1n) is 9.28. The first kappa shape index (κ1) is 23.2. The first-order valence-corrected chi connectivity index (χ1v) is 9.66. The lowest BCUT2D eigenvalue weighted by molar-refractivity contribution is -0.153. The van der Waals surface area contributed by atoms with Crippen LogP contribution in [0.4, 0.5) is 26.3 Å². The third kappa shape index (κ3) is 6.06. The van der Waals surface area contributed by atoms with Gasteiger partial charge in [-0.05, 0) is 47.7 Å². The second-order valence-corrected chi connectivity index (χ2v) is 7.81. The maximum atomic E-state index is 12.8. The number of rotatable bonds is 7. The Kier molecular flexibility index (Phi) is 6.45. The van der Waals surface area contributed by atoms with Crippen molar-refractivity contribution in [3.8, 4) is 16.9 Å². The molecular weight excluding hydrogens is 450 g/mol. The summed E-state index contributed by atoms with van der Waals surface area (Å²) in [7, 11) is 0. The number of carbonyl (C=O) groups is 1. The van der Waals surface area contributed by atoms with Gasteiger partial charge in [0.2, 0.25) is 0 Å². The van der Waals surface area contributed by atoms with Crippen molar-refractivity contribution in [1.82, 2.24) is 0 Å². The van der Waals surface area contributed by atoms with Gasteiger partial charge in [0.05, 0.1) is 16.5 Å². The summed E-state index contributed by atoms with van der Waals surface area (Å²) in [4.78, 5) is 11.8. The Balaban J connectivity index is 2.06. The monoisotopic (exact) mass is 466 g/mol. The number of hydrogen-bond donors (Lipinski definition) is 1. The predicted molar refractivity (Wildman–Crippen MR) is 101 cm³/mol. The lowest BCUT2D eigenvalue weighted by Crippen LogP contribution is -2.20. The highest BCUT2D eigenvalue weighted by Crippen LogP contribution is 2.44. The van der Waals surface area contributed by atoms with E-state index in [9.17, 15) is 36.2 Å². The van der Waals surface area contributed by atoms with Crippen molar-refractivity contribution >= 4 is 17.6 Å². The van der Waals surface area contributed by atoms with Crippen molar-refractivity contribution in [3.63, 3.8) is 0 Å². The molecule has 0 spiro atoms. The van der Waals surface area contributed by atoms with E-state index >= 15 is 0 Å². The molecule has 1 aliphatic carbocycles. The molecule has 1 aliphatic rings. The van der Waals surface area contributed by atoms with Crippen LogP contribution in [0.2, 0.25) is 5.02 Å². The van der Waals surface area contributed by atoms with Crippen LogP contribution in [-0.4, -0.2) is 23.9 Å². The Morgan fingerprint density at radius 3 is 2.19 bits per heavy atom. The van der Waals surface area contributed by atoms with Crippen molar-refractivity contribution < 1.29 is 41.0 Å². The summed E-state index contributed by atoms with van der Waals surface area (Å²) >= 11 is 6.21. The van der Waals surface area contributed by atoms with E-state index < -0.39 is 36.4 Å². The second kappa shape index (κ2) is 8.61. The third-order valence-electron chi connectivity index (χ3n) is 4.94. The van der Waals surface area contributed by atoms with E-state index in [-0.39, 0.29) is 33.4 Å². The third-order valence-corrected chi connectivity index (χ3v) is 5.33. The van der Waals surface area contributed by atoms with Gasteiger partial charge in [0.1, 0.15) is 5.75 Å². The predicted octanol–water partition coefficient (Wildman–Crippen LogP) is 6.94. The molecule has 0 unspecified atom stereocenters. The number of hydrogen-bond acceptors (Lipinski definition) is 2. The highest BCUT2D eigenvalue weighted by Gasteiger charge is 2.33. The van der Waals surface area contributed by atoms with E-state index in [2.05, 4.69) is 0 Å². The van der Waals surface area contributed by atoms with Crippen LogP contribution < -0.4 is 4.74 Å². The standard InChI is InChI=1S/C21H17ClF6O3/c22-18-15(12-3-5-14(6-4-12)21(26,27)28)8-13(9-17(18)31-10-20(23,24)25)16(19(29)30)7-11-1-2-11/h3-6,8-9,11,16H,1-2,7,10H2,(H,29,30)/t16-/m0/s1. The number of benzene rings is 2. The Bertz CT molecular complexity index is 949. The van der Waals surface area contributed by atoms with Crippen molar-refractivity contribution in [2.24, 2.45) is 5.92 Å². The molecule has 2 aromatic rings. The zero-order valence-electron chi connectivity index (χ0n) is 15.9. The average Bonchev–Trinajstić information content (AvgIpc) is 3.48. The SMILES string of the molecule is O=C(O)[C@@H](CC1CC1)c1cc(OCC(F)(F)F)c(Cl)c(-c2ccc(C(F)(F)F)cc2)c1. The second-order valence-electron chi connectivity index (χ2n) is 7.43. The molecule has 1 N–H and O–H groups in total. The quantitative estimate of drug-likeness (QED) is 0.450. The molecule has 0 radical (unpaired) electrons. The first-order chi connectivity index (χ1) is 14.3. The van der Waals surface area contributed by atoms with Crippen molar-refractivity contribution in [2.45, 2.75) is 37.5 Å². The lowest BCUT2D eigenvalue weighted by atomic mass is 9.90. The van der Waals surface area contributed by atoms with Gasteiger partial charge in [-0.3, -0.25) is 4.79 Å². The summed E-state index contributed by atoms with van der Waals surface area (Å²) < 4.78 is 81.3. The number of carboxylic acids is 1. The average molecular weight is 467 g/mol. The molecule has 0 heterocycles. The number of aliphatic carboxylic acids is 1. The number of alkyl halides is 6. The molecule has 1 atom stereocenters. The summed E-state index contributed by atoms with van der Waals surface area (Å²) in [5, 5.41) is 9.38. The molecule has 31 heavy (non-hydrogen) atoms. The lowest BCUT2D eigenvalue weighted by Gasteiger charge is -2.19. The molecule has 2 aromatic carbocycles. The Labute approximate surface area is 178 Å². The van der Waals surface area contributed by atoms with Crippen LogP contribution in [0.5, 0.6) is 5.75 Å². The topological polar surface area (TPSA) is 46.5 Å². The summed E-state index contributed by atoms with van der Waals surface area (Å²) in [6.07, 6.45) is -7.21. The van der Waals surface area contributed by atoms with Crippen LogP contribution in [0.3, 0.4) is 0 Å². The molecule has 168 valence electrons. The molecular formula is C21H17ClF6O3. The molecule has 0 amide bonds. The summed E-state index contributed by atoms with van der Waals surface area (Å²) in [6.45, 7) is -1.65.